The highest BCUT2D eigenvalue weighted by atomic mass is 19.3. The molecule has 4 aromatic rings. The van der Waals surface area contributed by atoms with Crippen molar-refractivity contribution in [3.63, 3.8) is 0 Å². The van der Waals surface area contributed by atoms with E-state index < -0.39 is 24.5 Å². The molecule has 0 atom stereocenters. The van der Waals surface area contributed by atoms with E-state index in [2.05, 4.69) is 41.0 Å². The molecule has 1 N–H and O–H groups in total. The molecule has 0 unspecified atom stereocenters. The van der Waals surface area contributed by atoms with Gasteiger partial charge >= 0.3 is 0 Å². The Bertz CT molecular complexity index is 1520. The van der Waals surface area contributed by atoms with Crippen molar-refractivity contribution >= 4 is 11.0 Å². The Morgan fingerprint density at radius 3 is 2.75 bits per heavy atom. The molecule has 0 aromatic carbocycles. The quantitative estimate of drug-likeness (QED) is 0.325. The maximum atomic E-state index is 13.2. The van der Waals surface area contributed by atoms with Gasteiger partial charge in [-0.25, -0.2) is 23.7 Å². The van der Waals surface area contributed by atoms with Crippen molar-refractivity contribution in [1.82, 2.24) is 39.6 Å². The van der Waals surface area contributed by atoms with Crippen LogP contribution in [0.2, 0.25) is 0 Å². The number of aryl methyl sites for hydroxylation is 1. The van der Waals surface area contributed by atoms with Crippen molar-refractivity contribution in [2.75, 3.05) is 19.8 Å². The SMILES string of the molecule is N#CCC1(n2cc(-c3ncnc4[nH]ccc34)cn2)CN(C2CCC(Oc3cc(CCF)nc(C(F)F)n3)CC2)C1. The highest BCUT2D eigenvalue weighted by molar-refractivity contribution is 5.89. The second-order valence-electron chi connectivity index (χ2n) is 10.4. The minimum Gasteiger partial charge on any atom is -0.474 e. The fourth-order valence-corrected chi connectivity index (χ4v) is 5.83. The second-order valence-corrected chi connectivity index (χ2v) is 10.4. The number of halogens is 3. The van der Waals surface area contributed by atoms with Gasteiger partial charge in [0.2, 0.25) is 5.88 Å². The molecule has 13 heteroatoms. The minimum atomic E-state index is -2.85. The summed E-state index contributed by atoms with van der Waals surface area (Å²) in [7, 11) is 0. The van der Waals surface area contributed by atoms with Crippen LogP contribution in [0.25, 0.3) is 22.3 Å². The highest BCUT2D eigenvalue weighted by Gasteiger charge is 2.48. The van der Waals surface area contributed by atoms with Gasteiger partial charge in [0.15, 0.2) is 5.82 Å². The average Bonchev–Trinajstić information content (AvgIpc) is 3.61. The molecular weight excluding hydrogens is 523 g/mol. The summed E-state index contributed by atoms with van der Waals surface area (Å²) in [5.74, 6) is -0.563. The molecule has 1 saturated carbocycles. The lowest BCUT2D eigenvalue weighted by Crippen LogP contribution is -2.65. The third-order valence-electron chi connectivity index (χ3n) is 7.87. The number of likely N-dealkylation sites (tertiary alicyclic amines) is 1. The van der Waals surface area contributed by atoms with Gasteiger partial charge in [0, 0.05) is 55.0 Å². The fraction of sp³-hybridized carbons (Fsp3) is 0.481. The lowest BCUT2D eigenvalue weighted by atomic mass is 9.82. The molecule has 0 bridgehead atoms. The summed E-state index contributed by atoms with van der Waals surface area (Å²) >= 11 is 0. The number of nitrogens with one attached hydrogen (secondary N) is 1. The zero-order chi connectivity index (χ0) is 27.7. The Balaban J connectivity index is 1.09. The number of hydrogen-bond acceptors (Lipinski definition) is 8. The molecule has 10 nitrogen and oxygen atoms in total. The number of alkyl halides is 3. The number of hydrogen-bond donors (Lipinski definition) is 1. The molecule has 1 aliphatic heterocycles. The van der Waals surface area contributed by atoms with Crippen molar-refractivity contribution in [2.24, 2.45) is 0 Å². The zero-order valence-corrected chi connectivity index (χ0v) is 21.7. The molecule has 1 saturated heterocycles. The van der Waals surface area contributed by atoms with Crippen molar-refractivity contribution in [2.45, 2.75) is 62.6 Å². The van der Waals surface area contributed by atoms with Crippen LogP contribution < -0.4 is 4.74 Å². The Hall–Kier alpha value is -4.05. The molecule has 40 heavy (non-hydrogen) atoms. The number of aromatic nitrogens is 7. The van der Waals surface area contributed by atoms with E-state index in [1.807, 2.05) is 23.1 Å². The van der Waals surface area contributed by atoms with Gasteiger partial charge in [-0.1, -0.05) is 0 Å². The first-order chi connectivity index (χ1) is 19.5. The fourth-order valence-electron chi connectivity index (χ4n) is 5.83. The summed E-state index contributed by atoms with van der Waals surface area (Å²) in [5, 5.41) is 15.2. The summed E-state index contributed by atoms with van der Waals surface area (Å²) in [6.45, 7) is 0.722. The molecule has 208 valence electrons. The molecule has 2 aliphatic rings. The van der Waals surface area contributed by atoms with Gasteiger partial charge in [0.05, 0.1) is 36.7 Å². The third kappa shape index (κ3) is 4.99. The van der Waals surface area contributed by atoms with E-state index in [1.165, 1.54) is 12.4 Å². The zero-order valence-electron chi connectivity index (χ0n) is 21.7. The highest BCUT2D eigenvalue weighted by Crippen LogP contribution is 2.38. The van der Waals surface area contributed by atoms with Crippen LogP contribution in [0.15, 0.2) is 37.1 Å². The van der Waals surface area contributed by atoms with Crippen LogP contribution in [-0.2, 0) is 12.0 Å². The summed E-state index contributed by atoms with van der Waals surface area (Å²) in [5.41, 5.74) is 2.22. The van der Waals surface area contributed by atoms with Crippen LogP contribution in [-0.4, -0.2) is 71.5 Å². The second kappa shape index (κ2) is 10.8. The monoisotopic (exact) mass is 551 g/mol. The molecule has 1 aliphatic carbocycles. The van der Waals surface area contributed by atoms with Crippen LogP contribution in [0.5, 0.6) is 5.88 Å². The van der Waals surface area contributed by atoms with Gasteiger partial charge in [0.1, 0.15) is 23.6 Å². The van der Waals surface area contributed by atoms with Gasteiger partial charge in [-0.3, -0.25) is 14.0 Å². The van der Waals surface area contributed by atoms with Crippen molar-refractivity contribution in [1.29, 1.82) is 5.26 Å². The normalized spacial score (nSPS) is 20.9. The average molecular weight is 552 g/mol. The van der Waals surface area contributed by atoms with Gasteiger partial charge in [0.25, 0.3) is 6.43 Å². The smallest absolute Gasteiger partial charge is 0.297 e. The summed E-state index contributed by atoms with van der Waals surface area (Å²) in [4.78, 5) is 21.7. The Labute approximate surface area is 228 Å². The van der Waals surface area contributed by atoms with E-state index in [-0.39, 0.29) is 24.1 Å². The first-order valence-corrected chi connectivity index (χ1v) is 13.3. The van der Waals surface area contributed by atoms with Crippen LogP contribution >= 0.6 is 0 Å². The third-order valence-corrected chi connectivity index (χ3v) is 7.87. The minimum absolute atomic E-state index is 0.0575. The molecule has 6 rings (SSSR count). The molecule has 0 spiro atoms. The number of H-pyrrole nitrogens is 1. The predicted octanol–water partition coefficient (Wildman–Crippen LogP) is 4.38. The van der Waals surface area contributed by atoms with E-state index in [4.69, 9.17) is 4.74 Å². The van der Waals surface area contributed by atoms with Gasteiger partial charge < -0.3 is 9.72 Å². The van der Waals surface area contributed by atoms with E-state index >= 15 is 0 Å². The number of fused-ring (bicyclic) bond motifs is 1. The largest absolute Gasteiger partial charge is 0.474 e. The van der Waals surface area contributed by atoms with Crippen LogP contribution in [0.1, 0.15) is 50.0 Å². The molecule has 0 radical (unpaired) electrons. The number of ether oxygens (including phenoxy) is 1. The Morgan fingerprint density at radius 2 is 2.00 bits per heavy atom. The van der Waals surface area contributed by atoms with Crippen LogP contribution in [0.3, 0.4) is 0 Å². The molecule has 0 amide bonds. The summed E-state index contributed by atoms with van der Waals surface area (Å²) in [6.07, 6.45) is 7.58. The van der Waals surface area contributed by atoms with Gasteiger partial charge in [-0.15, -0.1) is 0 Å². The maximum Gasteiger partial charge on any atom is 0.297 e. The van der Waals surface area contributed by atoms with E-state index in [9.17, 15) is 18.4 Å². The first-order valence-electron chi connectivity index (χ1n) is 13.3. The Morgan fingerprint density at radius 1 is 1.18 bits per heavy atom. The molecule has 4 aromatic heterocycles. The lowest BCUT2D eigenvalue weighted by molar-refractivity contribution is -0.0445. The van der Waals surface area contributed by atoms with Crippen molar-refractivity contribution < 1.29 is 17.9 Å². The number of rotatable bonds is 9. The molecular formula is C27H28F3N9O. The lowest BCUT2D eigenvalue weighted by Gasteiger charge is -2.53. The van der Waals surface area contributed by atoms with Crippen molar-refractivity contribution in [3.05, 3.63) is 48.6 Å². The van der Waals surface area contributed by atoms with E-state index in [1.54, 1.807) is 6.20 Å². The number of nitriles is 1. The standard InChI is InChI=1S/C27H28F3N9O/c28-8-5-18-11-22(37-26(36-18)24(29)30)40-20-3-1-19(2-4-20)38-14-27(15-38,7-9-31)39-13-17(12-35-39)23-21-6-10-32-25(21)34-16-33-23/h6,10-13,16,19-20,24H,1-5,7-8,14-15H2,(H,32,33,34). The van der Waals surface area contributed by atoms with Gasteiger partial charge in [-0.2, -0.15) is 15.3 Å². The van der Waals surface area contributed by atoms with E-state index in [0.717, 1.165) is 48.0 Å². The van der Waals surface area contributed by atoms with Crippen molar-refractivity contribution in [3.8, 4) is 23.2 Å². The summed E-state index contributed by atoms with van der Waals surface area (Å²) in [6, 6.07) is 6.05. The molecule has 5 heterocycles. The topological polar surface area (TPSA) is 121 Å². The van der Waals surface area contributed by atoms with Gasteiger partial charge in [-0.05, 0) is 31.7 Å². The number of aromatic amines is 1. The predicted molar refractivity (Wildman–Crippen MR) is 138 cm³/mol. The Kier molecular flexibility index (Phi) is 7.10. The summed E-state index contributed by atoms with van der Waals surface area (Å²) < 4.78 is 47.0. The maximum absolute atomic E-state index is 13.2. The number of nitrogens with zero attached hydrogens (tertiary/aromatic N) is 8. The van der Waals surface area contributed by atoms with Crippen LogP contribution in [0.4, 0.5) is 13.2 Å². The first kappa shape index (κ1) is 26.2. The molecule has 2 fully saturated rings. The van der Waals surface area contributed by atoms with E-state index in [0.29, 0.717) is 25.6 Å². The van der Waals surface area contributed by atoms with Crippen LogP contribution in [0, 0.1) is 11.3 Å².